The fourth-order valence-corrected chi connectivity index (χ4v) is 2.00. The van der Waals surface area contributed by atoms with Crippen molar-refractivity contribution in [3.63, 3.8) is 0 Å². The van der Waals surface area contributed by atoms with Gasteiger partial charge >= 0.3 is 5.97 Å². The summed E-state index contributed by atoms with van der Waals surface area (Å²) in [5, 5.41) is 9.02. The third kappa shape index (κ3) is 2.69. The first-order chi connectivity index (χ1) is 9.02. The van der Waals surface area contributed by atoms with Crippen LogP contribution in [0.1, 0.15) is 15.9 Å². The predicted octanol–water partition coefficient (Wildman–Crippen LogP) is 3.42. The smallest absolute Gasteiger partial charge is 0.338 e. The molecule has 5 heteroatoms. The Hall–Kier alpha value is -2.07. The van der Waals surface area contributed by atoms with E-state index in [2.05, 4.69) is 4.98 Å². The molecule has 0 atom stereocenters. The zero-order chi connectivity index (χ0) is 14.0. The number of benzene rings is 1. The van der Waals surface area contributed by atoms with Crippen LogP contribution in [0.25, 0.3) is 11.1 Å². The number of pyridine rings is 1. The summed E-state index contributed by atoms with van der Waals surface area (Å²) in [5.41, 5.74) is 2.52. The van der Waals surface area contributed by atoms with Crippen molar-refractivity contribution in [2.75, 3.05) is 7.11 Å². The lowest BCUT2D eigenvalue weighted by Gasteiger charge is -2.08. The fourth-order valence-electron chi connectivity index (χ4n) is 1.81. The van der Waals surface area contributed by atoms with E-state index >= 15 is 0 Å². The highest BCUT2D eigenvalue weighted by Crippen LogP contribution is 2.27. The Bertz CT molecular complexity index is 641. The molecule has 4 nitrogen and oxygen atoms in total. The van der Waals surface area contributed by atoms with Gasteiger partial charge in [-0.2, -0.15) is 0 Å². The van der Waals surface area contributed by atoms with Crippen LogP contribution in [0.2, 0.25) is 5.15 Å². The highest BCUT2D eigenvalue weighted by atomic mass is 35.5. The molecule has 1 N–H and O–H groups in total. The van der Waals surface area contributed by atoms with Gasteiger partial charge in [0, 0.05) is 11.8 Å². The molecule has 1 heterocycles. The second-order valence-corrected chi connectivity index (χ2v) is 4.41. The van der Waals surface area contributed by atoms with Crippen molar-refractivity contribution in [2.24, 2.45) is 0 Å². The number of carbonyl (C=O) groups is 1. The van der Waals surface area contributed by atoms with E-state index in [0.29, 0.717) is 5.56 Å². The Labute approximate surface area is 115 Å². The van der Waals surface area contributed by atoms with Crippen LogP contribution in [0.3, 0.4) is 0 Å². The summed E-state index contributed by atoms with van der Waals surface area (Å²) in [5.74, 6) is -0.311. The van der Waals surface area contributed by atoms with Crippen LogP contribution >= 0.6 is 11.6 Å². The van der Waals surface area contributed by atoms with Crippen LogP contribution in [-0.2, 0) is 0 Å². The number of hydrogen-bond acceptors (Lipinski definition) is 3. The summed E-state index contributed by atoms with van der Waals surface area (Å²) >= 11 is 5.75. The number of aromatic carboxylic acids is 1. The molecule has 0 unspecified atom stereocenters. The van der Waals surface area contributed by atoms with Crippen LogP contribution in [0.15, 0.2) is 30.5 Å². The summed E-state index contributed by atoms with van der Waals surface area (Å²) in [4.78, 5) is 14.9. The van der Waals surface area contributed by atoms with E-state index in [-0.39, 0.29) is 10.7 Å². The van der Waals surface area contributed by atoms with Crippen LogP contribution < -0.4 is 4.74 Å². The quantitative estimate of drug-likeness (QED) is 0.874. The molecule has 2 rings (SSSR count). The average Bonchev–Trinajstić information content (AvgIpc) is 2.38. The summed E-state index contributed by atoms with van der Waals surface area (Å²) in [6.45, 7) is 1.92. The zero-order valence-corrected chi connectivity index (χ0v) is 11.2. The average molecular weight is 278 g/mol. The van der Waals surface area contributed by atoms with Crippen molar-refractivity contribution in [3.8, 4) is 16.9 Å². The van der Waals surface area contributed by atoms with Crippen molar-refractivity contribution in [1.82, 2.24) is 4.98 Å². The molecule has 2 aromatic rings. The molecular formula is C14H12ClNO3. The minimum absolute atomic E-state index is 0.00682. The normalized spacial score (nSPS) is 10.3. The van der Waals surface area contributed by atoms with Gasteiger partial charge in [0.25, 0.3) is 0 Å². The highest BCUT2D eigenvalue weighted by Gasteiger charge is 2.12. The minimum Gasteiger partial charge on any atom is -0.496 e. The molecule has 1 aromatic heterocycles. The van der Waals surface area contributed by atoms with Crippen molar-refractivity contribution in [1.29, 1.82) is 0 Å². The number of aromatic nitrogens is 1. The van der Waals surface area contributed by atoms with Gasteiger partial charge in [0.2, 0.25) is 0 Å². The van der Waals surface area contributed by atoms with Crippen molar-refractivity contribution in [2.45, 2.75) is 6.92 Å². The van der Waals surface area contributed by atoms with Crippen LogP contribution in [0.4, 0.5) is 0 Å². The number of ether oxygens (including phenoxy) is 1. The Morgan fingerprint density at radius 1 is 1.32 bits per heavy atom. The van der Waals surface area contributed by atoms with E-state index in [4.69, 9.17) is 21.4 Å². The summed E-state index contributed by atoms with van der Waals surface area (Å²) in [6.07, 6.45) is 1.55. The van der Waals surface area contributed by atoms with Gasteiger partial charge in [0.05, 0.1) is 12.7 Å². The van der Waals surface area contributed by atoms with Gasteiger partial charge in [-0.25, -0.2) is 9.78 Å². The standard InChI is InChI=1S/C14H12ClNO3/c1-8-5-9(3-4-12(8)19-2)10-6-11(14(17)18)13(15)16-7-10/h3-7H,1-2H3,(H,17,18). The van der Waals surface area contributed by atoms with Gasteiger partial charge in [-0.1, -0.05) is 17.7 Å². The Morgan fingerprint density at radius 2 is 2.05 bits per heavy atom. The van der Waals surface area contributed by atoms with Crippen LogP contribution in [0.5, 0.6) is 5.75 Å². The first kappa shape index (κ1) is 13.4. The maximum atomic E-state index is 11.0. The molecule has 0 aliphatic carbocycles. The number of hydrogen-bond donors (Lipinski definition) is 1. The topological polar surface area (TPSA) is 59.4 Å². The van der Waals surface area contributed by atoms with Crippen LogP contribution in [0, 0.1) is 6.92 Å². The predicted molar refractivity (Wildman–Crippen MR) is 72.9 cm³/mol. The summed E-state index contributed by atoms with van der Waals surface area (Å²) in [7, 11) is 1.61. The Morgan fingerprint density at radius 3 is 2.63 bits per heavy atom. The monoisotopic (exact) mass is 277 g/mol. The molecular weight excluding hydrogens is 266 g/mol. The largest absolute Gasteiger partial charge is 0.496 e. The van der Waals surface area contributed by atoms with Gasteiger partial charge in [0.15, 0.2) is 0 Å². The molecule has 19 heavy (non-hydrogen) atoms. The Balaban J connectivity index is 2.50. The number of carboxylic acid groups (broad SMARTS) is 1. The van der Waals surface area contributed by atoms with Gasteiger partial charge in [-0.3, -0.25) is 0 Å². The first-order valence-corrected chi connectivity index (χ1v) is 5.94. The molecule has 1 aromatic carbocycles. The Kier molecular flexibility index (Phi) is 3.71. The molecule has 0 saturated heterocycles. The van der Waals surface area contributed by atoms with E-state index in [1.807, 2.05) is 25.1 Å². The molecule has 0 saturated carbocycles. The third-order valence-corrected chi connectivity index (χ3v) is 3.10. The van der Waals surface area contributed by atoms with Gasteiger partial charge in [0.1, 0.15) is 10.9 Å². The SMILES string of the molecule is COc1ccc(-c2cnc(Cl)c(C(=O)O)c2)cc1C. The lowest BCUT2D eigenvalue weighted by atomic mass is 10.0. The van der Waals surface area contributed by atoms with E-state index in [1.165, 1.54) is 6.07 Å². The van der Waals surface area contributed by atoms with Crippen molar-refractivity contribution < 1.29 is 14.6 Å². The number of halogens is 1. The molecule has 0 aliphatic rings. The number of methoxy groups -OCH3 is 1. The molecule has 0 spiro atoms. The summed E-state index contributed by atoms with van der Waals surface area (Å²) < 4.78 is 5.19. The van der Waals surface area contributed by atoms with Crippen molar-refractivity contribution >= 4 is 17.6 Å². The molecule has 0 amide bonds. The third-order valence-electron chi connectivity index (χ3n) is 2.80. The second-order valence-electron chi connectivity index (χ2n) is 4.05. The van der Waals surface area contributed by atoms with E-state index < -0.39 is 5.97 Å². The van der Waals surface area contributed by atoms with E-state index in [0.717, 1.165) is 16.9 Å². The highest BCUT2D eigenvalue weighted by molar-refractivity contribution is 6.32. The molecule has 98 valence electrons. The fraction of sp³-hybridized carbons (Fsp3) is 0.143. The number of carboxylic acids is 1. The lowest BCUT2D eigenvalue weighted by Crippen LogP contribution is -1.99. The van der Waals surface area contributed by atoms with E-state index in [1.54, 1.807) is 13.3 Å². The van der Waals surface area contributed by atoms with Gasteiger partial charge < -0.3 is 9.84 Å². The molecule has 0 fully saturated rings. The first-order valence-electron chi connectivity index (χ1n) is 5.56. The number of rotatable bonds is 3. The minimum atomic E-state index is -1.09. The zero-order valence-electron chi connectivity index (χ0n) is 10.5. The lowest BCUT2D eigenvalue weighted by molar-refractivity contribution is 0.0696. The summed E-state index contributed by atoms with van der Waals surface area (Å²) in [6, 6.07) is 7.11. The van der Waals surface area contributed by atoms with E-state index in [9.17, 15) is 4.79 Å². The van der Waals surface area contributed by atoms with Gasteiger partial charge in [-0.05, 0) is 36.2 Å². The maximum Gasteiger partial charge on any atom is 0.338 e. The van der Waals surface area contributed by atoms with Crippen molar-refractivity contribution in [3.05, 3.63) is 46.7 Å². The maximum absolute atomic E-state index is 11.0. The second kappa shape index (κ2) is 5.28. The molecule has 0 aliphatic heterocycles. The number of aryl methyl sites for hydroxylation is 1. The van der Waals surface area contributed by atoms with Gasteiger partial charge in [-0.15, -0.1) is 0 Å². The molecule has 0 radical (unpaired) electrons. The van der Waals surface area contributed by atoms with Crippen LogP contribution in [-0.4, -0.2) is 23.2 Å². The molecule has 0 bridgehead atoms. The number of nitrogens with zero attached hydrogens (tertiary/aromatic N) is 1.